The van der Waals surface area contributed by atoms with Crippen LogP contribution in [-0.2, 0) is 23.8 Å². The number of carbonyl (C=O) groups is 3. The van der Waals surface area contributed by atoms with Gasteiger partial charge in [-0.05, 0) is 56.2 Å². The molecule has 1 unspecified atom stereocenters. The topological polar surface area (TPSA) is 181 Å². The van der Waals surface area contributed by atoms with Crippen molar-refractivity contribution in [2.45, 2.75) is 70.9 Å². The molecule has 11 nitrogen and oxygen atoms in total. The van der Waals surface area contributed by atoms with Crippen molar-refractivity contribution in [3.63, 3.8) is 0 Å². The second-order valence-electron chi connectivity index (χ2n) is 9.09. The molecule has 1 rings (SSSR count). The number of aliphatic hydroxyl groups excluding tert-OH is 1. The molecule has 37 heavy (non-hydrogen) atoms. The van der Waals surface area contributed by atoms with Crippen LogP contribution in [0.5, 0.6) is 0 Å². The Labute approximate surface area is 218 Å². The fourth-order valence-corrected chi connectivity index (χ4v) is 3.32. The van der Waals surface area contributed by atoms with Gasteiger partial charge < -0.3 is 30.8 Å². The van der Waals surface area contributed by atoms with E-state index in [-0.39, 0.29) is 45.8 Å². The van der Waals surface area contributed by atoms with Gasteiger partial charge in [-0.1, -0.05) is 30.7 Å². The highest BCUT2D eigenvalue weighted by molar-refractivity contribution is 5.89. The maximum Gasteiger partial charge on any atom is 0.338 e. The molecule has 0 fully saturated rings. The number of nitrogens with two attached hydrogens (primary N) is 2. The Morgan fingerprint density at radius 2 is 1.46 bits per heavy atom. The van der Waals surface area contributed by atoms with E-state index in [1.165, 1.54) is 0 Å². The maximum atomic E-state index is 12.1. The number of carbonyl (C=O) groups excluding carboxylic acids is 3. The molecule has 0 bridgehead atoms. The second kappa shape index (κ2) is 18.4. The monoisotopic (exact) mass is 523 g/mol. The van der Waals surface area contributed by atoms with E-state index < -0.39 is 29.5 Å². The van der Waals surface area contributed by atoms with E-state index in [1.807, 2.05) is 6.92 Å². The molecule has 208 valence electrons. The third kappa shape index (κ3) is 13.3. The van der Waals surface area contributed by atoms with E-state index in [2.05, 4.69) is 5.18 Å². The lowest BCUT2D eigenvalue weighted by Gasteiger charge is -2.29. The molecular weight excluding hydrogens is 482 g/mol. The standard InChI is InChI=1S/C26H41N3O8/c1-2-26(17-30,18-36-22(31)9-5-3-7-15-29-34)19-37-23(32)10-6-4-8-16-35-25(33)21-13-11-20(12-14-21)24(27)28/h11-14,24,30H,2-10,15-19,27-28H2,1H3. The van der Waals surface area contributed by atoms with Crippen LogP contribution in [0.4, 0.5) is 0 Å². The van der Waals surface area contributed by atoms with Gasteiger partial charge in [0.1, 0.15) is 13.2 Å². The molecule has 1 aromatic rings. The quantitative estimate of drug-likeness (QED) is 0.0755. The van der Waals surface area contributed by atoms with Gasteiger partial charge in [0.15, 0.2) is 0 Å². The molecule has 0 heterocycles. The molecule has 5 N–H and O–H groups in total. The highest BCUT2D eigenvalue weighted by atomic mass is 16.6. The largest absolute Gasteiger partial charge is 0.465 e. The van der Waals surface area contributed by atoms with E-state index in [4.69, 9.17) is 25.7 Å². The van der Waals surface area contributed by atoms with Crippen molar-refractivity contribution in [3.05, 3.63) is 40.3 Å². The fourth-order valence-electron chi connectivity index (χ4n) is 3.32. The van der Waals surface area contributed by atoms with Gasteiger partial charge in [-0.25, -0.2) is 4.79 Å². The van der Waals surface area contributed by atoms with E-state index in [1.54, 1.807) is 24.3 Å². The van der Waals surface area contributed by atoms with Crippen LogP contribution in [0.25, 0.3) is 0 Å². The lowest BCUT2D eigenvalue weighted by atomic mass is 9.88. The number of ether oxygens (including phenoxy) is 3. The van der Waals surface area contributed by atoms with E-state index >= 15 is 0 Å². The van der Waals surface area contributed by atoms with Gasteiger partial charge in [0.05, 0.1) is 36.9 Å². The number of aliphatic hydroxyl groups is 1. The van der Waals surface area contributed by atoms with Gasteiger partial charge in [-0.15, -0.1) is 0 Å². The summed E-state index contributed by atoms with van der Waals surface area (Å²) in [5.41, 5.74) is 11.4. The Morgan fingerprint density at radius 1 is 0.892 bits per heavy atom. The first-order chi connectivity index (χ1) is 17.8. The lowest BCUT2D eigenvalue weighted by Crippen LogP contribution is -2.37. The SMILES string of the molecule is CCC(CO)(COC(=O)CCCCCN=O)COC(=O)CCCCCOC(=O)c1ccc(C(N)N)cc1. The van der Waals surface area contributed by atoms with Crippen LogP contribution in [0.3, 0.4) is 0 Å². The molecule has 0 aliphatic rings. The zero-order valence-corrected chi connectivity index (χ0v) is 21.7. The summed E-state index contributed by atoms with van der Waals surface area (Å²) in [7, 11) is 0. The second-order valence-corrected chi connectivity index (χ2v) is 9.09. The molecule has 0 amide bonds. The summed E-state index contributed by atoms with van der Waals surface area (Å²) in [5, 5.41) is 12.6. The third-order valence-electron chi connectivity index (χ3n) is 6.08. The Morgan fingerprint density at radius 3 is 1.95 bits per heavy atom. The Hall–Kier alpha value is -2.89. The van der Waals surface area contributed by atoms with Crippen molar-refractivity contribution in [2.75, 3.05) is 33.0 Å². The van der Waals surface area contributed by atoms with Crippen LogP contribution in [0.15, 0.2) is 29.4 Å². The van der Waals surface area contributed by atoms with Gasteiger partial charge in [-0.3, -0.25) is 9.59 Å². The van der Waals surface area contributed by atoms with Gasteiger partial charge in [0.25, 0.3) is 0 Å². The number of hydrogen-bond donors (Lipinski definition) is 3. The van der Waals surface area contributed by atoms with Crippen molar-refractivity contribution in [2.24, 2.45) is 22.1 Å². The molecule has 0 spiro atoms. The normalized spacial score (nSPS) is 12.6. The Bertz CT molecular complexity index is 826. The smallest absolute Gasteiger partial charge is 0.338 e. The van der Waals surface area contributed by atoms with Crippen LogP contribution in [0.2, 0.25) is 0 Å². The minimum Gasteiger partial charge on any atom is -0.465 e. The molecule has 0 saturated heterocycles. The van der Waals surface area contributed by atoms with Gasteiger partial charge in [-0.2, -0.15) is 4.91 Å². The van der Waals surface area contributed by atoms with Crippen LogP contribution in [0, 0.1) is 10.3 Å². The first kappa shape index (κ1) is 32.1. The number of rotatable bonds is 20. The summed E-state index contributed by atoms with van der Waals surface area (Å²) in [4.78, 5) is 46.2. The Balaban J connectivity index is 2.24. The average Bonchev–Trinajstić information content (AvgIpc) is 2.90. The summed E-state index contributed by atoms with van der Waals surface area (Å²) < 4.78 is 15.9. The molecule has 0 radical (unpaired) electrons. The molecule has 1 atom stereocenters. The number of benzene rings is 1. The number of nitrogens with zero attached hydrogens (tertiary/aromatic N) is 1. The van der Waals surface area contributed by atoms with Gasteiger partial charge in [0, 0.05) is 12.8 Å². The van der Waals surface area contributed by atoms with E-state index in [0.717, 1.165) is 5.56 Å². The summed E-state index contributed by atoms with van der Waals surface area (Å²) in [6.07, 6.45) is 4.03. The van der Waals surface area contributed by atoms with Crippen LogP contribution in [0.1, 0.15) is 86.8 Å². The summed E-state index contributed by atoms with van der Waals surface area (Å²) >= 11 is 0. The maximum absolute atomic E-state index is 12.1. The molecule has 0 aliphatic carbocycles. The molecular formula is C26H41N3O8. The summed E-state index contributed by atoms with van der Waals surface area (Å²) in [6, 6.07) is 6.58. The van der Waals surface area contributed by atoms with Crippen LogP contribution < -0.4 is 11.5 Å². The molecule has 0 saturated carbocycles. The highest BCUT2D eigenvalue weighted by Gasteiger charge is 2.31. The zero-order chi connectivity index (χ0) is 27.5. The summed E-state index contributed by atoms with van der Waals surface area (Å²) in [5.74, 6) is -1.24. The van der Waals surface area contributed by atoms with Crippen molar-refractivity contribution >= 4 is 17.9 Å². The number of esters is 3. The first-order valence-electron chi connectivity index (χ1n) is 12.8. The van der Waals surface area contributed by atoms with Gasteiger partial charge in [0.2, 0.25) is 0 Å². The zero-order valence-electron chi connectivity index (χ0n) is 21.7. The molecule has 11 heteroatoms. The van der Waals surface area contributed by atoms with Crippen LogP contribution >= 0.6 is 0 Å². The molecule has 1 aromatic carbocycles. The molecule has 0 aromatic heterocycles. The van der Waals surface area contributed by atoms with E-state index in [0.29, 0.717) is 50.5 Å². The third-order valence-corrected chi connectivity index (χ3v) is 6.08. The summed E-state index contributed by atoms with van der Waals surface area (Å²) in [6.45, 7) is 1.90. The number of hydrogen-bond acceptors (Lipinski definition) is 11. The number of unbranched alkanes of at least 4 members (excludes halogenated alkanes) is 4. The van der Waals surface area contributed by atoms with E-state index in [9.17, 15) is 24.4 Å². The van der Waals surface area contributed by atoms with Crippen molar-refractivity contribution in [1.29, 1.82) is 0 Å². The van der Waals surface area contributed by atoms with Crippen LogP contribution in [-0.4, -0.2) is 56.0 Å². The minimum atomic E-state index is -0.853. The lowest BCUT2D eigenvalue weighted by molar-refractivity contribution is -0.156. The van der Waals surface area contributed by atoms with Crippen molar-refractivity contribution in [3.8, 4) is 0 Å². The molecule has 0 aliphatic heterocycles. The number of nitroso groups, excluding NO2 is 1. The minimum absolute atomic E-state index is 0.0465. The fraction of sp³-hybridized carbons (Fsp3) is 0.654. The first-order valence-corrected chi connectivity index (χ1v) is 12.8. The van der Waals surface area contributed by atoms with Gasteiger partial charge >= 0.3 is 17.9 Å². The predicted molar refractivity (Wildman–Crippen MR) is 137 cm³/mol. The average molecular weight is 524 g/mol. The Kier molecular flexibility index (Phi) is 16.0. The van der Waals surface area contributed by atoms with Crippen molar-refractivity contribution < 1.29 is 33.7 Å². The highest BCUT2D eigenvalue weighted by Crippen LogP contribution is 2.23. The predicted octanol–water partition coefficient (Wildman–Crippen LogP) is 3.12. The van der Waals surface area contributed by atoms with Crippen molar-refractivity contribution in [1.82, 2.24) is 0 Å².